The summed E-state index contributed by atoms with van der Waals surface area (Å²) in [5.41, 5.74) is 5.19. The lowest BCUT2D eigenvalue weighted by atomic mass is 9.89. The van der Waals surface area contributed by atoms with Crippen LogP contribution >= 0.6 is 11.6 Å². The smallest absolute Gasteiger partial charge is 0.124 e. The van der Waals surface area contributed by atoms with E-state index in [2.05, 4.69) is 24.3 Å². The molecule has 0 fully saturated rings. The average molecular weight is 301 g/mol. The quantitative estimate of drug-likeness (QED) is 0.697. The highest BCUT2D eigenvalue weighted by Gasteiger charge is 2.18. The first-order chi connectivity index (χ1) is 10.3. The van der Waals surface area contributed by atoms with Crippen molar-refractivity contribution in [1.29, 1.82) is 0 Å². The minimum absolute atomic E-state index is 0.153. The molecule has 110 valence electrons. The van der Waals surface area contributed by atoms with Gasteiger partial charge in [0, 0.05) is 5.56 Å². The SMILES string of the molecule is CCOc1ccccc1C(Cl)c1ccc2c(c1)CCCC2. The number of ether oxygens (including phenoxy) is 1. The maximum absolute atomic E-state index is 6.73. The van der Waals surface area contributed by atoms with E-state index in [1.807, 2.05) is 25.1 Å². The maximum atomic E-state index is 6.73. The van der Waals surface area contributed by atoms with Gasteiger partial charge in [-0.3, -0.25) is 0 Å². The van der Waals surface area contributed by atoms with Gasteiger partial charge >= 0.3 is 0 Å². The number of para-hydroxylation sites is 1. The standard InChI is InChI=1S/C19H21ClO/c1-2-21-18-10-6-5-9-17(18)19(20)16-12-11-14-7-3-4-8-15(14)13-16/h5-6,9-13,19H,2-4,7-8H2,1H3. The van der Waals surface area contributed by atoms with Gasteiger partial charge in [-0.2, -0.15) is 0 Å². The van der Waals surface area contributed by atoms with Gasteiger partial charge in [-0.25, -0.2) is 0 Å². The van der Waals surface area contributed by atoms with E-state index in [0.29, 0.717) is 6.61 Å². The highest BCUT2D eigenvalue weighted by atomic mass is 35.5. The van der Waals surface area contributed by atoms with Crippen molar-refractivity contribution in [2.45, 2.75) is 38.0 Å². The summed E-state index contributed by atoms with van der Waals surface area (Å²) >= 11 is 6.73. The van der Waals surface area contributed by atoms with Crippen LogP contribution in [0.15, 0.2) is 42.5 Å². The van der Waals surface area contributed by atoms with Gasteiger partial charge in [-0.1, -0.05) is 36.4 Å². The zero-order valence-electron chi connectivity index (χ0n) is 12.4. The number of hydrogen-bond acceptors (Lipinski definition) is 1. The van der Waals surface area contributed by atoms with Gasteiger partial charge < -0.3 is 4.74 Å². The van der Waals surface area contributed by atoms with E-state index in [1.165, 1.54) is 42.4 Å². The zero-order chi connectivity index (χ0) is 14.7. The maximum Gasteiger partial charge on any atom is 0.124 e. The molecule has 0 saturated heterocycles. The molecule has 0 amide bonds. The molecule has 0 aliphatic heterocycles. The summed E-state index contributed by atoms with van der Waals surface area (Å²) in [5, 5.41) is -0.153. The van der Waals surface area contributed by atoms with Crippen LogP contribution in [-0.4, -0.2) is 6.61 Å². The Balaban J connectivity index is 1.93. The van der Waals surface area contributed by atoms with Gasteiger partial charge in [0.1, 0.15) is 5.75 Å². The molecule has 0 saturated carbocycles. The van der Waals surface area contributed by atoms with Gasteiger partial charge in [0.15, 0.2) is 0 Å². The third-order valence-corrected chi connectivity index (χ3v) is 4.64. The Labute approximate surface area is 131 Å². The Hall–Kier alpha value is -1.47. The third-order valence-electron chi connectivity index (χ3n) is 4.16. The lowest BCUT2D eigenvalue weighted by Crippen LogP contribution is -2.05. The van der Waals surface area contributed by atoms with Crippen molar-refractivity contribution >= 4 is 11.6 Å². The summed E-state index contributed by atoms with van der Waals surface area (Å²) in [6.45, 7) is 2.66. The first kappa shape index (κ1) is 14.5. The number of benzene rings is 2. The van der Waals surface area contributed by atoms with E-state index in [-0.39, 0.29) is 5.38 Å². The van der Waals surface area contributed by atoms with Crippen molar-refractivity contribution in [1.82, 2.24) is 0 Å². The van der Waals surface area contributed by atoms with Gasteiger partial charge in [0.25, 0.3) is 0 Å². The number of alkyl halides is 1. The molecule has 21 heavy (non-hydrogen) atoms. The van der Waals surface area contributed by atoms with E-state index >= 15 is 0 Å². The molecule has 0 radical (unpaired) electrons. The molecule has 0 bridgehead atoms. The molecule has 0 aromatic heterocycles. The van der Waals surface area contributed by atoms with Crippen molar-refractivity contribution in [2.24, 2.45) is 0 Å². The van der Waals surface area contributed by atoms with Gasteiger partial charge in [-0.15, -0.1) is 11.6 Å². The molecule has 2 aromatic carbocycles. The fourth-order valence-electron chi connectivity index (χ4n) is 3.07. The summed E-state index contributed by atoms with van der Waals surface area (Å²) in [7, 11) is 0. The molecule has 0 N–H and O–H groups in total. The van der Waals surface area contributed by atoms with Gasteiger partial charge in [0.2, 0.25) is 0 Å². The van der Waals surface area contributed by atoms with Crippen molar-refractivity contribution in [3.8, 4) is 5.75 Å². The second-order valence-electron chi connectivity index (χ2n) is 5.57. The third kappa shape index (κ3) is 3.08. The highest BCUT2D eigenvalue weighted by Crippen LogP contribution is 2.36. The lowest BCUT2D eigenvalue weighted by molar-refractivity contribution is 0.337. The molecule has 1 aliphatic carbocycles. The van der Waals surface area contributed by atoms with Gasteiger partial charge in [-0.05, 0) is 55.4 Å². The normalized spacial score (nSPS) is 15.3. The predicted octanol–water partition coefficient (Wildman–Crippen LogP) is 5.29. The number of fused-ring (bicyclic) bond motifs is 1. The van der Waals surface area contributed by atoms with Crippen molar-refractivity contribution in [2.75, 3.05) is 6.61 Å². The summed E-state index contributed by atoms with van der Waals surface area (Å²) in [6, 6.07) is 14.8. The Morgan fingerprint density at radius 2 is 1.81 bits per heavy atom. The van der Waals surface area contributed by atoms with E-state index < -0.39 is 0 Å². The number of halogens is 1. The molecule has 2 heteroatoms. The first-order valence-corrected chi connectivity index (χ1v) is 8.20. The van der Waals surface area contributed by atoms with E-state index in [1.54, 1.807) is 0 Å². The van der Waals surface area contributed by atoms with Crippen LogP contribution in [0, 0.1) is 0 Å². The van der Waals surface area contributed by atoms with Crippen molar-refractivity contribution < 1.29 is 4.74 Å². The van der Waals surface area contributed by atoms with Crippen LogP contribution in [0.5, 0.6) is 5.75 Å². The molecule has 0 heterocycles. The molecular formula is C19H21ClO. The fraction of sp³-hybridized carbons (Fsp3) is 0.368. The van der Waals surface area contributed by atoms with E-state index in [0.717, 1.165) is 11.3 Å². The molecule has 1 nitrogen and oxygen atoms in total. The van der Waals surface area contributed by atoms with Crippen LogP contribution in [-0.2, 0) is 12.8 Å². The second-order valence-corrected chi connectivity index (χ2v) is 6.01. The number of hydrogen-bond donors (Lipinski definition) is 0. The Morgan fingerprint density at radius 1 is 1.05 bits per heavy atom. The topological polar surface area (TPSA) is 9.23 Å². The van der Waals surface area contributed by atoms with E-state index in [9.17, 15) is 0 Å². The van der Waals surface area contributed by atoms with Crippen LogP contribution in [0.4, 0.5) is 0 Å². The molecule has 1 aliphatic rings. The summed E-state index contributed by atoms with van der Waals surface area (Å²) in [6.07, 6.45) is 4.99. The Morgan fingerprint density at radius 3 is 2.62 bits per heavy atom. The minimum atomic E-state index is -0.153. The minimum Gasteiger partial charge on any atom is -0.494 e. The van der Waals surface area contributed by atoms with Crippen LogP contribution < -0.4 is 4.74 Å². The lowest BCUT2D eigenvalue weighted by Gasteiger charge is -2.20. The Kier molecular flexibility index (Phi) is 4.50. The first-order valence-electron chi connectivity index (χ1n) is 7.77. The fourth-order valence-corrected chi connectivity index (χ4v) is 3.38. The van der Waals surface area contributed by atoms with Crippen LogP contribution in [0.25, 0.3) is 0 Å². The summed E-state index contributed by atoms with van der Waals surface area (Å²) < 4.78 is 5.71. The van der Waals surface area contributed by atoms with Crippen molar-refractivity contribution in [3.05, 3.63) is 64.7 Å². The summed E-state index contributed by atoms with van der Waals surface area (Å²) in [4.78, 5) is 0. The van der Waals surface area contributed by atoms with Crippen LogP contribution in [0.3, 0.4) is 0 Å². The van der Waals surface area contributed by atoms with Gasteiger partial charge in [0.05, 0.1) is 12.0 Å². The molecule has 3 rings (SSSR count). The number of rotatable bonds is 4. The van der Waals surface area contributed by atoms with Crippen LogP contribution in [0.2, 0.25) is 0 Å². The van der Waals surface area contributed by atoms with Crippen LogP contribution in [0.1, 0.15) is 47.4 Å². The Bertz CT molecular complexity index is 621. The zero-order valence-corrected chi connectivity index (χ0v) is 13.2. The highest BCUT2D eigenvalue weighted by molar-refractivity contribution is 6.22. The molecule has 1 atom stereocenters. The molecule has 2 aromatic rings. The molecular weight excluding hydrogens is 280 g/mol. The largest absolute Gasteiger partial charge is 0.494 e. The number of aryl methyl sites for hydroxylation is 2. The second kappa shape index (κ2) is 6.53. The molecule has 0 spiro atoms. The van der Waals surface area contributed by atoms with Crippen molar-refractivity contribution in [3.63, 3.8) is 0 Å². The monoisotopic (exact) mass is 300 g/mol. The van der Waals surface area contributed by atoms with E-state index in [4.69, 9.17) is 16.3 Å². The average Bonchev–Trinajstić information content (AvgIpc) is 2.54. The summed E-state index contributed by atoms with van der Waals surface area (Å²) in [5.74, 6) is 0.887. The molecule has 1 unspecified atom stereocenters. The predicted molar refractivity (Wildman–Crippen MR) is 88.4 cm³/mol.